The van der Waals surface area contributed by atoms with Crippen LogP contribution in [0.4, 0.5) is 21.3 Å². The van der Waals surface area contributed by atoms with E-state index in [9.17, 15) is 9.59 Å². The number of hydrogen-bond acceptors (Lipinski definition) is 4. The summed E-state index contributed by atoms with van der Waals surface area (Å²) in [6.07, 6.45) is 0. The number of carbonyl (C=O) groups excluding carboxylic acids is 2. The van der Waals surface area contributed by atoms with Crippen LogP contribution in [-0.2, 0) is 0 Å². The Morgan fingerprint density at radius 2 is 1.50 bits per heavy atom. The Hall–Kier alpha value is -3.19. The molecule has 26 heavy (non-hydrogen) atoms. The molecule has 1 heterocycles. The van der Waals surface area contributed by atoms with Crippen molar-refractivity contribution >= 4 is 39.8 Å². The molecule has 0 saturated heterocycles. The zero-order valence-electron chi connectivity index (χ0n) is 14.4. The number of aryl methyl sites for hydroxylation is 2. The van der Waals surface area contributed by atoms with Gasteiger partial charge in [0, 0.05) is 11.4 Å². The van der Waals surface area contributed by atoms with Gasteiger partial charge in [0.1, 0.15) is 4.88 Å². The first-order chi connectivity index (χ1) is 12.5. The van der Waals surface area contributed by atoms with E-state index in [1.165, 1.54) is 0 Å². The van der Waals surface area contributed by atoms with Gasteiger partial charge in [-0.05, 0) is 38.1 Å². The largest absolute Gasteiger partial charge is 0.325 e. The Morgan fingerprint density at radius 1 is 0.846 bits per heavy atom. The summed E-state index contributed by atoms with van der Waals surface area (Å²) in [5.74, 6) is -0.252. The van der Waals surface area contributed by atoms with Crippen LogP contribution in [-0.4, -0.2) is 16.9 Å². The minimum atomic E-state index is -0.405. The number of nitrogens with zero attached hydrogens (tertiary/aromatic N) is 1. The summed E-state index contributed by atoms with van der Waals surface area (Å²) >= 11 is 1.13. The summed E-state index contributed by atoms with van der Waals surface area (Å²) in [4.78, 5) is 29.2. The van der Waals surface area contributed by atoms with Gasteiger partial charge in [-0.3, -0.25) is 10.1 Å². The number of aromatic nitrogens is 1. The first-order valence-corrected chi connectivity index (χ1v) is 8.81. The van der Waals surface area contributed by atoms with Gasteiger partial charge in [0.25, 0.3) is 5.91 Å². The summed E-state index contributed by atoms with van der Waals surface area (Å²) in [6.45, 7) is 3.71. The molecule has 0 aliphatic rings. The molecule has 0 atom stereocenters. The molecule has 1 aromatic heterocycles. The van der Waals surface area contributed by atoms with E-state index in [2.05, 4.69) is 20.9 Å². The van der Waals surface area contributed by atoms with Crippen LogP contribution in [0.25, 0.3) is 0 Å². The summed E-state index contributed by atoms with van der Waals surface area (Å²) in [5.41, 5.74) is 3.06. The van der Waals surface area contributed by atoms with E-state index in [0.717, 1.165) is 16.9 Å². The van der Waals surface area contributed by atoms with Crippen molar-refractivity contribution in [3.05, 3.63) is 70.7 Å². The standard InChI is InChI=1S/C19H18N4O2S/c1-12-8-10-15(11-9-12)22-18(25)23-19-20-13(2)16(26-19)17(24)21-14-6-4-3-5-7-14/h3-11H,1-2H3,(H,21,24)(H2,20,22,23,25). The average Bonchev–Trinajstić information content (AvgIpc) is 2.98. The van der Waals surface area contributed by atoms with E-state index < -0.39 is 6.03 Å². The van der Waals surface area contributed by atoms with Gasteiger partial charge >= 0.3 is 6.03 Å². The lowest BCUT2D eigenvalue weighted by Gasteiger charge is -2.05. The molecule has 3 rings (SSSR count). The highest BCUT2D eigenvalue weighted by molar-refractivity contribution is 7.17. The Kier molecular flexibility index (Phi) is 5.28. The highest BCUT2D eigenvalue weighted by atomic mass is 32.1. The second-order valence-electron chi connectivity index (χ2n) is 5.70. The van der Waals surface area contributed by atoms with Crippen LogP contribution in [0, 0.1) is 13.8 Å². The van der Waals surface area contributed by atoms with Gasteiger partial charge in [-0.25, -0.2) is 9.78 Å². The molecule has 3 aromatic rings. The average molecular weight is 366 g/mol. The molecule has 3 N–H and O–H groups in total. The first kappa shape index (κ1) is 17.6. The number of anilines is 3. The van der Waals surface area contributed by atoms with E-state index in [1.807, 2.05) is 61.5 Å². The lowest BCUT2D eigenvalue weighted by atomic mass is 10.2. The Balaban J connectivity index is 1.64. The van der Waals surface area contributed by atoms with Crippen molar-refractivity contribution in [2.75, 3.05) is 16.0 Å². The molecule has 0 aliphatic carbocycles. The van der Waals surface area contributed by atoms with Crippen molar-refractivity contribution in [1.29, 1.82) is 0 Å². The number of para-hydroxylation sites is 1. The number of nitrogens with one attached hydrogen (secondary N) is 3. The van der Waals surface area contributed by atoms with Crippen LogP contribution in [0.1, 0.15) is 20.9 Å². The van der Waals surface area contributed by atoms with Crippen LogP contribution in [0.2, 0.25) is 0 Å². The van der Waals surface area contributed by atoms with Gasteiger partial charge in [0.05, 0.1) is 5.69 Å². The molecule has 2 aromatic carbocycles. The summed E-state index contributed by atoms with van der Waals surface area (Å²) in [5, 5.41) is 8.57. The van der Waals surface area contributed by atoms with Crippen LogP contribution < -0.4 is 16.0 Å². The summed E-state index contributed by atoms with van der Waals surface area (Å²) in [7, 11) is 0. The molecule has 0 bridgehead atoms. The molecule has 0 saturated carbocycles. The van der Waals surface area contributed by atoms with Crippen molar-refractivity contribution in [2.24, 2.45) is 0 Å². The maximum Gasteiger partial charge on any atom is 0.325 e. The van der Waals surface area contributed by atoms with E-state index in [0.29, 0.717) is 27.1 Å². The lowest BCUT2D eigenvalue weighted by Crippen LogP contribution is -2.19. The number of thiazole rings is 1. The molecular weight excluding hydrogens is 348 g/mol. The molecule has 3 amide bonds. The zero-order valence-corrected chi connectivity index (χ0v) is 15.2. The number of benzene rings is 2. The minimum absolute atomic E-state index is 0.252. The van der Waals surface area contributed by atoms with E-state index in [1.54, 1.807) is 6.92 Å². The van der Waals surface area contributed by atoms with Crippen molar-refractivity contribution < 1.29 is 9.59 Å². The van der Waals surface area contributed by atoms with E-state index >= 15 is 0 Å². The number of hydrogen-bond donors (Lipinski definition) is 3. The number of carbonyl (C=O) groups is 2. The molecule has 7 heteroatoms. The Labute approximate surface area is 155 Å². The molecular formula is C19H18N4O2S. The summed E-state index contributed by atoms with van der Waals surface area (Å²) < 4.78 is 0. The number of amides is 3. The predicted molar refractivity (Wildman–Crippen MR) is 105 cm³/mol. The lowest BCUT2D eigenvalue weighted by molar-refractivity contribution is 0.103. The first-order valence-electron chi connectivity index (χ1n) is 8.00. The van der Waals surface area contributed by atoms with Gasteiger partial charge in [-0.15, -0.1) is 0 Å². The van der Waals surface area contributed by atoms with Gasteiger partial charge in [-0.1, -0.05) is 47.2 Å². The van der Waals surface area contributed by atoms with Crippen molar-refractivity contribution in [3.63, 3.8) is 0 Å². The second kappa shape index (κ2) is 7.79. The van der Waals surface area contributed by atoms with Crippen LogP contribution in [0.15, 0.2) is 54.6 Å². The molecule has 0 aliphatic heterocycles. The monoisotopic (exact) mass is 366 g/mol. The third-order valence-corrected chi connectivity index (χ3v) is 4.64. The van der Waals surface area contributed by atoms with Crippen molar-refractivity contribution in [3.8, 4) is 0 Å². The van der Waals surface area contributed by atoms with Gasteiger partial charge < -0.3 is 10.6 Å². The maximum atomic E-state index is 12.4. The fraction of sp³-hybridized carbons (Fsp3) is 0.105. The normalized spacial score (nSPS) is 10.2. The van der Waals surface area contributed by atoms with Crippen molar-refractivity contribution in [2.45, 2.75) is 13.8 Å². The zero-order chi connectivity index (χ0) is 18.5. The molecule has 0 spiro atoms. The number of urea groups is 1. The molecule has 0 unspecified atom stereocenters. The van der Waals surface area contributed by atoms with Gasteiger partial charge in [0.15, 0.2) is 5.13 Å². The molecule has 0 radical (unpaired) electrons. The fourth-order valence-electron chi connectivity index (χ4n) is 2.27. The van der Waals surface area contributed by atoms with Gasteiger partial charge in [0.2, 0.25) is 0 Å². The van der Waals surface area contributed by atoms with E-state index in [4.69, 9.17) is 0 Å². The van der Waals surface area contributed by atoms with Crippen LogP contribution in [0.3, 0.4) is 0 Å². The fourth-order valence-corrected chi connectivity index (χ4v) is 3.12. The van der Waals surface area contributed by atoms with Crippen LogP contribution >= 0.6 is 11.3 Å². The molecule has 0 fully saturated rings. The SMILES string of the molecule is Cc1ccc(NC(=O)Nc2nc(C)c(C(=O)Nc3ccccc3)s2)cc1. The topological polar surface area (TPSA) is 83.1 Å². The van der Waals surface area contributed by atoms with E-state index in [-0.39, 0.29) is 5.91 Å². The smallest absolute Gasteiger partial charge is 0.321 e. The minimum Gasteiger partial charge on any atom is -0.321 e. The molecule has 6 nitrogen and oxygen atoms in total. The maximum absolute atomic E-state index is 12.4. The Morgan fingerprint density at radius 3 is 2.19 bits per heavy atom. The third-order valence-electron chi connectivity index (χ3n) is 3.56. The molecule has 132 valence electrons. The van der Waals surface area contributed by atoms with Gasteiger partial charge in [-0.2, -0.15) is 0 Å². The summed E-state index contributed by atoms with van der Waals surface area (Å²) in [6, 6.07) is 16.2. The van der Waals surface area contributed by atoms with Crippen molar-refractivity contribution in [1.82, 2.24) is 4.98 Å². The predicted octanol–water partition coefficient (Wildman–Crippen LogP) is 4.66. The highest BCUT2D eigenvalue weighted by Gasteiger charge is 2.16. The highest BCUT2D eigenvalue weighted by Crippen LogP contribution is 2.24. The second-order valence-corrected chi connectivity index (χ2v) is 6.70. The number of rotatable bonds is 4. The van der Waals surface area contributed by atoms with Crippen LogP contribution in [0.5, 0.6) is 0 Å². The quantitative estimate of drug-likeness (QED) is 0.628. The third kappa shape index (κ3) is 4.46. The Bertz CT molecular complexity index is 920.